The van der Waals surface area contributed by atoms with E-state index in [0.29, 0.717) is 37.2 Å². The molecule has 1 heterocycles. The summed E-state index contributed by atoms with van der Waals surface area (Å²) < 4.78 is 41.8. The van der Waals surface area contributed by atoms with Crippen LogP contribution in [0.4, 0.5) is 18.9 Å². The lowest BCUT2D eigenvalue weighted by molar-refractivity contribution is -0.121. The molecule has 154 valence electrons. The summed E-state index contributed by atoms with van der Waals surface area (Å²) in [4.78, 5) is 26.6. The summed E-state index contributed by atoms with van der Waals surface area (Å²) in [5.74, 6) is -1.33. The molecule has 1 fully saturated rings. The fourth-order valence-electron chi connectivity index (χ4n) is 3.13. The van der Waals surface area contributed by atoms with Gasteiger partial charge in [-0.25, -0.2) is 4.39 Å². The molecule has 1 N–H and O–H groups in total. The van der Waals surface area contributed by atoms with E-state index in [0.717, 1.165) is 0 Å². The summed E-state index contributed by atoms with van der Waals surface area (Å²) in [6.07, 6.45) is 0.943. The molecule has 3 rings (SSSR count). The number of halogens is 4. The number of carbonyl (C=O) groups excluding carboxylic acids is 2. The molecule has 0 radical (unpaired) electrons. The predicted molar refractivity (Wildman–Crippen MR) is 102 cm³/mol. The van der Waals surface area contributed by atoms with Gasteiger partial charge in [-0.3, -0.25) is 9.59 Å². The first-order valence-corrected chi connectivity index (χ1v) is 9.31. The number of piperidine rings is 1. The van der Waals surface area contributed by atoms with Gasteiger partial charge >= 0.3 is 6.61 Å². The number of rotatable bonds is 5. The van der Waals surface area contributed by atoms with Gasteiger partial charge < -0.3 is 15.0 Å². The zero-order valence-corrected chi connectivity index (χ0v) is 16.0. The number of nitrogens with zero attached hydrogens (tertiary/aromatic N) is 1. The first-order valence-electron chi connectivity index (χ1n) is 8.93. The molecule has 0 atom stereocenters. The number of nitrogens with one attached hydrogen (secondary N) is 1. The molecular formula is C20H18ClF3N2O3. The number of hydrogen-bond donors (Lipinski definition) is 1. The summed E-state index contributed by atoms with van der Waals surface area (Å²) in [5.41, 5.74) is 0.765. The Hall–Kier alpha value is -2.74. The lowest BCUT2D eigenvalue weighted by Gasteiger charge is -2.31. The molecule has 0 saturated carbocycles. The van der Waals surface area contributed by atoms with Crippen LogP contribution in [0, 0.1) is 11.7 Å². The minimum Gasteiger partial charge on any atom is -0.433 e. The predicted octanol–water partition coefficient (Wildman–Crippen LogP) is 4.57. The zero-order chi connectivity index (χ0) is 21.0. The summed E-state index contributed by atoms with van der Waals surface area (Å²) in [6, 6.07) is 9.35. The standard InChI is InChI=1S/C20H18ClF3N2O3/c21-16-11-15(5-6-17(16)29-20(23)24)25-18(27)12-7-9-26(10-8-12)19(28)13-1-3-14(22)4-2-13/h1-6,11-12,20H,7-10H2,(H,25,27). The van der Waals surface area contributed by atoms with Crippen molar-refractivity contribution < 1.29 is 27.5 Å². The maximum Gasteiger partial charge on any atom is 0.387 e. The van der Waals surface area contributed by atoms with Crippen LogP contribution < -0.4 is 10.1 Å². The molecule has 29 heavy (non-hydrogen) atoms. The molecule has 0 unspecified atom stereocenters. The van der Waals surface area contributed by atoms with E-state index in [9.17, 15) is 22.8 Å². The molecule has 1 aliphatic heterocycles. The van der Waals surface area contributed by atoms with E-state index in [1.165, 1.54) is 42.5 Å². The minimum atomic E-state index is -2.99. The van der Waals surface area contributed by atoms with Crippen molar-refractivity contribution in [3.63, 3.8) is 0 Å². The van der Waals surface area contributed by atoms with Crippen LogP contribution in [-0.2, 0) is 4.79 Å². The van der Waals surface area contributed by atoms with Gasteiger partial charge in [0.15, 0.2) is 0 Å². The number of alkyl halides is 2. The molecule has 0 spiro atoms. The van der Waals surface area contributed by atoms with Crippen molar-refractivity contribution in [2.75, 3.05) is 18.4 Å². The topological polar surface area (TPSA) is 58.6 Å². The highest BCUT2D eigenvalue weighted by Gasteiger charge is 2.28. The Labute approximate surface area is 170 Å². The summed E-state index contributed by atoms with van der Waals surface area (Å²) >= 11 is 5.89. The van der Waals surface area contributed by atoms with Crippen LogP contribution in [0.3, 0.4) is 0 Å². The van der Waals surface area contributed by atoms with Gasteiger partial charge in [0, 0.05) is 30.3 Å². The van der Waals surface area contributed by atoms with Gasteiger partial charge in [0.2, 0.25) is 5.91 Å². The van der Waals surface area contributed by atoms with E-state index in [-0.39, 0.29) is 28.5 Å². The van der Waals surface area contributed by atoms with Gasteiger partial charge in [0.05, 0.1) is 5.02 Å². The average molecular weight is 427 g/mol. The number of amides is 2. The van der Waals surface area contributed by atoms with Gasteiger partial charge in [-0.2, -0.15) is 8.78 Å². The summed E-state index contributed by atoms with van der Waals surface area (Å²) in [5, 5.41) is 2.66. The Morgan fingerprint density at radius 1 is 1.10 bits per heavy atom. The van der Waals surface area contributed by atoms with Crippen LogP contribution in [0.5, 0.6) is 5.75 Å². The lowest BCUT2D eigenvalue weighted by Crippen LogP contribution is -2.41. The van der Waals surface area contributed by atoms with Crippen molar-refractivity contribution in [2.45, 2.75) is 19.5 Å². The minimum absolute atomic E-state index is 0.0391. The van der Waals surface area contributed by atoms with Crippen LogP contribution >= 0.6 is 11.6 Å². The maximum absolute atomic E-state index is 13.0. The van der Waals surface area contributed by atoms with E-state index < -0.39 is 12.4 Å². The molecule has 0 aliphatic carbocycles. The van der Waals surface area contributed by atoms with E-state index in [1.807, 2.05) is 0 Å². The first-order chi connectivity index (χ1) is 13.8. The second-order valence-electron chi connectivity index (χ2n) is 6.59. The van der Waals surface area contributed by atoms with Gasteiger partial charge in [-0.1, -0.05) is 11.6 Å². The van der Waals surface area contributed by atoms with Gasteiger partial charge in [0.1, 0.15) is 11.6 Å². The Kier molecular flexibility index (Phi) is 6.64. The highest BCUT2D eigenvalue weighted by Crippen LogP contribution is 2.29. The van der Waals surface area contributed by atoms with Crippen molar-refractivity contribution in [1.29, 1.82) is 0 Å². The van der Waals surface area contributed by atoms with Gasteiger partial charge in [0.25, 0.3) is 5.91 Å². The molecule has 5 nitrogen and oxygen atoms in total. The molecule has 9 heteroatoms. The fraction of sp³-hybridized carbons (Fsp3) is 0.300. The molecular weight excluding hydrogens is 409 g/mol. The number of hydrogen-bond acceptors (Lipinski definition) is 3. The monoisotopic (exact) mass is 426 g/mol. The van der Waals surface area contributed by atoms with Crippen LogP contribution in [0.25, 0.3) is 0 Å². The van der Waals surface area contributed by atoms with E-state index in [1.54, 1.807) is 4.90 Å². The quantitative estimate of drug-likeness (QED) is 0.761. The number of anilines is 1. The molecule has 2 aromatic rings. The van der Waals surface area contributed by atoms with Crippen molar-refractivity contribution in [3.8, 4) is 5.75 Å². The Balaban J connectivity index is 1.54. The first kappa shape index (κ1) is 21.0. The van der Waals surface area contributed by atoms with Gasteiger partial charge in [-0.15, -0.1) is 0 Å². The second kappa shape index (κ2) is 9.17. The summed E-state index contributed by atoms with van der Waals surface area (Å²) in [7, 11) is 0. The maximum atomic E-state index is 13.0. The lowest BCUT2D eigenvalue weighted by atomic mass is 9.95. The zero-order valence-electron chi connectivity index (χ0n) is 15.2. The third-order valence-corrected chi connectivity index (χ3v) is 4.95. The third kappa shape index (κ3) is 5.41. The van der Waals surface area contributed by atoms with Crippen molar-refractivity contribution in [2.24, 2.45) is 5.92 Å². The number of ether oxygens (including phenoxy) is 1. The SMILES string of the molecule is O=C(Nc1ccc(OC(F)F)c(Cl)c1)C1CCN(C(=O)c2ccc(F)cc2)CC1. The van der Waals surface area contributed by atoms with E-state index in [2.05, 4.69) is 10.1 Å². The Bertz CT molecular complexity index is 885. The highest BCUT2D eigenvalue weighted by molar-refractivity contribution is 6.32. The van der Waals surface area contributed by atoms with Gasteiger partial charge in [-0.05, 0) is 55.3 Å². The Morgan fingerprint density at radius 3 is 2.34 bits per heavy atom. The number of carbonyl (C=O) groups is 2. The molecule has 0 bridgehead atoms. The largest absolute Gasteiger partial charge is 0.433 e. The third-order valence-electron chi connectivity index (χ3n) is 4.66. The van der Waals surface area contributed by atoms with Crippen molar-refractivity contribution in [3.05, 3.63) is 58.9 Å². The van der Waals surface area contributed by atoms with Crippen LogP contribution in [-0.4, -0.2) is 36.4 Å². The Morgan fingerprint density at radius 2 is 1.76 bits per heavy atom. The molecule has 0 aromatic heterocycles. The average Bonchev–Trinajstić information content (AvgIpc) is 2.70. The molecule has 2 amide bonds. The highest BCUT2D eigenvalue weighted by atomic mass is 35.5. The van der Waals surface area contributed by atoms with Crippen molar-refractivity contribution in [1.82, 2.24) is 4.90 Å². The number of likely N-dealkylation sites (tertiary alicyclic amines) is 1. The summed E-state index contributed by atoms with van der Waals surface area (Å²) in [6.45, 7) is -2.19. The van der Waals surface area contributed by atoms with E-state index in [4.69, 9.17) is 11.6 Å². The van der Waals surface area contributed by atoms with Crippen molar-refractivity contribution >= 4 is 29.1 Å². The molecule has 1 saturated heterocycles. The van der Waals surface area contributed by atoms with E-state index >= 15 is 0 Å². The smallest absolute Gasteiger partial charge is 0.387 e. The number of benzene rings is 2. The second-order valence-corrected chi connectivity index (χ2v) is 6.99. The molecule has 1 aliphatic rings. The normalized spacial score (nSPS) is 14.7. The van der Waals surface area contributed by atoms with Crippen LogP contribution in [0.15, 0.2) is 42.5 Å². The fourth-order valence-corrected chi connectivity index (χ4v) is 3.36. The molecule has 2 aromatic carbocycles. The van der Waals surface area contributed by atoms with Crippen LogP contribution in [0.1, 0.15) is 23.2 Å². The van der Waals surface area contributed by atoms with Crippen LogP contribution in [0.2, 0.25) is 5.02 Å².